The van der Waals surface area contributed by atoms with E-state index < -0.39 is 0 Å². The Hall–Kier alpha value is -1.50. The van der Waals surface area contributed by atoms with Crippen LogP contribution < -0.4 is 5.32 Å². The summed E-state index contributed by atoms with van der Waals surface area (Å²) >= 11 is 0. The van der Waals surface area contributed by atoms with Gasteiger partial charge in [0.05, 0.1) is 0 Å². The van der Waals surface area contributed by atoms with Gasteiger partial charge in [-0.1, -0.05) is 24.3 Å². The molecule has 0 saturated heterocycles. The number of aromatic nitrogens is 1. The molecule has 0 saturated carbocycles. The van der Waals surface area contributed by atoms with Crippen molar-refractivity contribution in [2.75, 3.05) is 26.7 Å². The molecule has 24 heavy (non-hydrogen) atoms. The zero-order valence-corrected chi connectivity index (χ0v) is 17.0. The molecule has 1 aromatic carbocycles. The van der Waals surface area contributed by atoms with E-state index in [0.29, 0.717) is 0 Å². The molecule has 1 heterocycles. The van der Waals surface area contributed by atoms with Crippen molar-refractivity contribution in [3.05, 3.63) is 48.7 Å². The first-order chi connectivity index (χ1) is 11.2. The average molecular weight is 440 g/mol. The predicted molar refractivity (Wildman–Crippen MR) is 115 cm³/mol. The maximum Gasteiger partial charge on any atom is 0.193 e. The molecule has 2 rings (SSSR count). The van der Waals surface area contributed by atoms with E-state index in [2.05, 4.69) is 66.1 Å². The summed E-state index contributed by atoms with van der Waals surface area (Å²) in [6.07, 6.45) is 5.03. The van der Waals surface area contributed by atoms with Crippen LogP contribution in [0.15, 0.2) is 48.0 Å². The average Bonchev–Trinajstić information content (AvgIpc) is 2.97. The molecule has 0 aliphatic carbocycles. The van der Waals surface area contributed by atoms with Crippen LogP contribution in [-0.2, 0) is 6.42 Å². The largest absolute Gasteiger partial charge is 0.358 e. The highest BCUT2D eigenvalue weighted by atomic mass is 127. The summed E-state index contributed by atoms with van der Waals surface area (Å²) in [6.45, 7) is 8.53. The summed E-state index contributed by atoms with van der Waals surface area (Å²) in [5, 5.41) is 4.63. The molecular formula is C19H29IN4. The Morgan fingerprint density at radius 1 is 1.38 bits per heavy atom. The van der Waals surface area contributed by atoms with Gasteiger partial charge in [0, 0.05) is 44.3 Å². The van der Waals surface area contributed by atoms with Gasteiger partial charge in [-0.15, -0.1) is 30.6 Å². The summed E-state index contributed by atoms with van der Waals surface area (Å²) in [5.74, 6) is 0.979. The first-order valence-corrected chi connectivity index (χ1v) is 8.41. The van der Waals surface area contributed by atoms with Crippen molar-refractivity contribution in [2.45, 2.75) is 26.2 Å². The van der Waals surface area contributed by atoms with Crippen LogP contribution in [0.3, 0.4) is 0 Å². The Labute approximate surface area is 162 Å². The fraction of sp³-hybridized carbons (Fsp3) is 0.421. The molecule has 4 nitrogen and oxygen atoms in total. The predicted octanol–water partition coefficient (Wildman–Crippen LogP) is 4.19. The van der Waals surface area contributed by atoms with Gasteiger partial charge in [-0.2, -0.15) is 0 Å². The lowest BCUT2D eigenvalue weighted by molar-refractivity contribution is 0.470. The lowest BCUT2D eigenvalue weighted by Gasteiger charge is -2.21. The number of hydrogen-bond acceptors (Lipinski definition) is 1. The van der Waals surface area contributed by atoms with Crippen molar-refractivity contribution in [3.63, 3.8) is 0 Å². The summed E-state index contributed by atoms with van der Waals surface area (Å²) in [7, 11) is 2.09. The summed E-state index contributed by atoms with van der Waals surface area (Å²) in [6, 6.07) is 10.6. The minimum absolute atomic E-state index is 0. The van der Waals surface area contributed by atoms with Gasteiger partial charge < -0.3 is 15.2 Å². The van der Waals surface area contributed by atoms with Gasteiger partial charge in [-0.3, -0.25) is 4.99 Å². The third kappa shape index (κ3) is 6.19. The first-order valence-electron chi connectivity index (χ1n) is 8.41. The van der Waals surface area contributed by atoms with Gasteiger partial charge in [-0.05, 0) is 37.3 Å². The summed E-state index contributed by atoms with van der Waals surface area (Å²) < 4.78 is 0. The number of benzene rings is 1. The molecule has 0 unspecified atom stereocenters. The molecule has 0 bridgehead atoms. The number of aromatic amines is 1. The van der Waals surface area contributed by atoms with Gasteiger partial charge in [0.25, 0.3) is 0 Å². The van der Waals surface area contributed by atoms with E-state index in [-0.39, 0.29) is 24.0 Å². The number of nitrogens with one attached hydrogen (secondary N) is 2. The lowest BCUT2D eigenvalue weighted by atomic mass is 10.2. The Morgan fingerprint density at radius 2 is 2.17 bits per heavy atom. The minimum Gasteiger partial charge on any atom is -0.358 e. The van der Waals surface area contributed by atoms with Crippen LogP contribution in [0.5, 0.6) is 0 Å². The van der Waals surface area contributed by atoms with E-state index in [9.17, 15) is 0 Å². The highest BCUT2D eigenvalue weighted by Gasteiger charge is 2.05. The van der Waals surface area contributed by atoms with Crippen molar-refractivity contribution < 1.29 is 0 Å². The molecule has 0 aliphatic heterocycles. The third-order valence-electron chi connectivity index (χ3n) is 3.83. The molecule has 0 fully saturated rings. The summed E-state index contributed by atoms with van der Waals surface area (Å²) in [4.78, 5) is 10.4. The maximum atomic E-state index is 4.74. The first kappa shape index (κ1) is 20.5. The van der Waals surface area contributed by atoms with Crippen molar-refractivity contribution in [2.24, 2.45) is 4.99 Å². The van der Waals surface area contributed by atoms with Crippen LogP contribution in [0.2, 0.25) is 0 Å². The number of para-hydroxylation sites is 1. The molecule has 0 aliphatic rings. The quantitative estimate of drug-likeness (QED) is 0.213. The molecular weight excluding hydrogens is 411 g/mol. The molecule has 2 aromatic rings. The van der Waals surface area contributed by atoms with Gasteiger partial charge in [0.1, 0.15) is 0 Å². The molecule has 1 aromatic heterocycles. The van der Waals surface area contributed by atoms with Crippen molar-refractivity contribution in [1.82, 2.24) is 15.2 Å². The molecule has 5 heteroatoms. The van der Waals surface area contributed by atoms with Gasteiger partial charge in [0.2, 0.25) is 0 Å². The van der Waals surface area contributed by atoms with Gasteiger partial charge in [0.15, 0.2) is 5.96 Å². The smallest absolute Gasteiger partial charge is 0.193 e. The zero-order valence-electron chi connectivity index (χ0n) is 14.7. The van der Waals surface area contributed by atoms with Crippen LogP contribution in [0.1, 0.15) is 25.5 Å². The molecule has 0 atom stereocenters. The highest BCUT2D eigenvalue weighted by molar-refractivity contribution is 14.0. The number of rotatable bonds is 8. The Bertz CT molecular complexity index is 615. The number of unbranched alkanes of at least 4 members (excludes halogenated alkanes) is 1. The van der Waals surface area contributed by atoms with Crippen LogP contribution in [0, 0.1) is 0 Å². The second kappa shape index (κ2) is 11.1. The number of guanidine groups is 1. The van der Waals surface area contributed by atoms with Gasteiger partial charge in [-0.25, -0.2) is 0 Å². The molecule has 2 N–H and O–H groups in total. The van der Waals surface area contributed by atoms with E-state index in [1.54, 1.807) is 0 Å². The van der Waals surface area contributed by atoms with E-state index in [0.717, 1.165) is 44.9 Å². The number of H-pyrrole nitrogens is 1. The number of halogens is 1. The molecule has 132 valence electrons. The van der Waals surface area contributed by atoms with Crippen molar-refractivity contribution in [1.29, 1.82) is 0 Å². The molecule has 0 amide bonds. The second-order valence-electron chi connectivity index (χ2n) is 5.72. The number of hydrogen-bond donors (Lipinski definition) is 2. The third-order valence-corrected chi connectivity index (χ3v) is 3.83. The maximum absolute atomic E-state index is 4.74. The van der Waals surface area contributed by atoms with E-state index in [4.69, 9.17) is 4.99 Å². The van der Waals surface area contributed by atoms with Crippen LogP contribution in [-0.4, -0.2) is 42.5 Å². The topological polar surface area (TPSA) is 43.4 Å². The highest BCUT2D eigenvalue weighted by Crippen LogP contribution is 2.14. The number of fused-ring (bicyclic) bond motifs is 1. The molecule has 0 radical (unpaired) electrons. The van der Waals surface area contributed by atoms with E-state index >= 15 is 0 Å². The molecule has 0 spiro atoms. The van der Waals surface area contributed by atoms with Crippen molar-refractivity contribution >= 4 is 40.8 Å². The zero-order chi connectivity index (χ0) is 16.5. The van der Waals surface area contributed by atoms with Gasteiger partial charge >= 0.3 is 0 Å². The summed E-state index contributed by atoms with van der Waals surface area (Å²) in [5.41, 5.74) is 2.43. The normalized spacial score (nSPS) is 11.2. The van der Waals surface area contributed by atoms with E-state index in [1.165, 1.54) is 16.6 Å². The fourth-order valence-electron chi connectivity index (χ4n) is 2.60. The monoisotopic (exact) mass is 440 g/mol. The Morgan fingerprint density at radius 3 is 2.88 bits per heavy atom. The minimum atomic E-state index is 0. The number of aliphatic imine (C=N–C) groups is 1. The fourth-order valence-corrected chi connectivity index (χ4v) is 2.60. The standard InChI is InChI=1S/C19H28N4.HI/c1-4-6-9-14-23(3)19(20-5-2)21-13-12-17-15-16-10-7-8-11-18(16)22-17;/h4,7-8,10-11,15,22H,1,5-6,9,12-14H2,2-3H3,(H,20,21);1H. The number of allylic oxidation sites excluding steroid dienone is 1. The second-order valence-corrected chi connectivity index (χ2v) is 5.72. The lowest BCUT2D eigenvalue weighted by Crippen LogP contribution is -2.39. The SMILES string of the molecule is C=CCCCN(C)C(=NCCc1cc2ccccc2[nH]1)NCC.I. The Balaban J connectivity index is 0.00000288. The van der Waals surface area contributed by atoms with E-state index in [1.807, 2.05) is 6.08 Å². The number of nitrogens with zero attached hydrogens (tertiary/aromatic N) is 2. The Kier molecular flexibility index (Phi) is 9.52. The van der Waals surface area contributed by atoms with Crippen LogP contribution in [0.4, 0.5) is 0 Å². The van der Waals surface area contributed by atoms with Crippen LogP contribution in [0.25, 0.3) is 10.9 Å². The van der Waals surface area contributed by atoms with Crippen molar-refractivity contribution in [3.8, 4) is 0 Å². The van der Waals surface area contributed by atoms with Crippen LogP contribution >= 0.6 is 24.0 Å².